The molecule has 0 aromatic heterocycles. The fourth-order valence-electron chi connectivity index (χ4n) is 3.05. The van der Waals surface area contributed by atoms with Crippen LogP contribution in [0.2, 0.25) is 0 Å². The number of likely N-dealkylation sites (tertiary alicyclic amines) is 1. The van der Waals surface area contributed by atoms with Gasteiger partial charge in [0.15, 0.2) is 15.8 Å². The zero-order chi connectivity index (χ0) is 20.6. The van der Waals surface area contributed by atoms with Crippen molar-refractivity contribution in [3.63, 3.8) is 0 Å². The molecule has 1 heterocycles. The minimum absolute atomic E-state index is 0. The minimum Gasteiger partial charge on any atom is -0.357 e. The number of nitrogens with zero attached hydrogens (tertiary/aromatic N) is 2. The lowest BCUT2D eigenvalue weighted by Gasteiger charge is -2.32. The van der Waals surface area contributed by atoms with E-state index in [0.29, 0.717) is 38.4 Å². The summed E-state index contributed by atoms with van der Waals surface area (Å²) >= 11 is 0. The molecule has 0 radical (unpaired) electrons. The molecule has 0 saturated carbocycles. The second-order valence-electron chi connectivity index (χ2n) is 6.62. The third-order valence-corrected chi connectivity index (χ3v) is 6.19. The maximum atomic E-state index is 13.7. The first-order valence-corrected chi connectivity index (χ1v) is 11.0. The van der Waals surface area contributed by atoms with Gasteiger partial charge in [0, 0.05) is 25.7 Å². The Morgan fingerprint density at radius 2 is 1.93 bits per heavy atom. The van der Waals surface area contributed by atoms with Crippen LogP contribution in [0.5, 0.6) is 0 Å². The van der Waals surface area contributed by atoms with Gasteiger partial charge in [-0.05, 0) is 31.9 Å². The number of guanidine groups is 1. The quantitative estimate of drug-likeness (QED) is 0.297. The van der Waals surface area contributed by atoms with Crippen molar-refractivity contribution >= 4 is 39.8 Å². The first kappa shape index (κ1) is 26.0. The summed E-state index contributed by atoms with van der Waals surface area (Å²) in [5.74, 6) is -0.609. The van der Waals surface area contributed by atoms with Crippen molar-refractivity contribution in [3.8, 4) is 0 Å². The molecule has 2 rings (SSSR count). The molecule has 1 aromatic rings. The number of aliphatic imine (C=N–C) groups is 1. The summed E-state index contributed by atoms with van der Waals surface area (Å²) in [7, 11) is -3.77. The molecule has 0 unspecified atom stereocenters. The van der Waals surface area contributed by atoms with E-state index < -0.39 is 22.1 Å². The van der Waals surface area contributed by atoms with Crippen LogP contribution in [0.3, 0.4) is 0 Å². The fraction of sp³-hybridized carbons (Fsp3) is 0.611. The van der Waals surface area contributed by atoms with Crippen LogP contribution in [-0.2, 0) is 9.84 Å². The molecule has 0 spiro atoms. The normalized spacial score (nSPS) is 16.5. The minimum atomic E-state index is -3.77. The van der Waals surface area contributed by atoms with E-state index in [0.717, 1.165) is 6.07 Å². The highest BCUT2D eigenvalue weighted by Gasteiger charge is 2.22. The third-order valence-electron chi connectivity index (χ3n) is 4.47. The first-order valence-electron chi connectivity index (χ1n) is 9.34. The molecular weight excluding hydrogens is 520 g/mol. The number of piperidine rings is 1. The number of nitrogens with one attached hydrogen (secondary N) is 2. The summed E-state index contributed by atoms with van der Waals surface area (Å²) in [4.78, 5) is 5.68. The number of sulfone groups is 1. The number of hydrogen-bond donors (Lipinski definition) is 2. The predicted octanol–water partition coefficient (Wildman–Crippen LogP) is 2.50. The van der Waals surface area contributed by atoms with Gasteiger partial charge in [-0.3, -0.25) is 9.89 Å². The lowest BCUT2D eigenvalue weighted by molar-refractivity contribution is 0.0744. The molecule has 29 heavy (non-hydrogen) atoms. The van der Waals surface area contributed by atoms with Gasteiger partial charge in [-0.25, -0.2) is 21.6 Å². The Kier molecular flexibility index (Phi) is 11.3. The van der Waals surface area contributed by atoms with E-state index in [2.05, 4.69) is 15.6 Å². The Hall–Kier alpha value is -1.08. The molecule has 2 N–H and O–H groups in total. The highest BCUT2D eigenvalue weighted by Crippen LogP contribution is 2.15. The number of halogens is 4. The van der Waals surface area contributed by atoms with Gasteiger partial charge in [0.1, 0.15) is 10.7 Å². The highest BCUT2D eigenvalue weighted by atomic mass is 127. The van der Waals surface area contributed by atoms with Crippen LogP contribution in [-0.4, -0.2) is 70.2 Å². The lowest BCUT2D eigenvalue weighted by Crippen LogP contribution is -2.49. The van der Waals surface area contributed by atoms with E-state index in [-0.39, 0.29) is 53.8 Å². The van der Waals surface area contributed by atoms with E-state index in [1.807, 2.05) is 6.92 Å². The molecule has 1 fully saturated rings. The average molecular weight is 548 g/mol. The van der Waals surface area contributed by atoms with Crippen LogP contribution in [0.4, 0.5) is 13.2 Å². The molecular formula is C18H28F3IN4O2S. The Labute approximate surface area is 187 Å². The van der Waals surface area contributed by atoms with Gasteiger partial charge < -0.3 is 10.6 Å². The van der Waals surface area contributed by atoms with Crippen molar-refractivity contribution in [2.75, 3.05) is 38.5 Å². The second-order valence-corrected chi connectivity index (χ2v) is 8.70. The molecule has 1 aliphatic heterocycles. The molecule has 0 amide bonds. The molecule has 1 aromatic carbocycles. The van der Waals surface area contributed by atoms with Gasteiger partial charge in [-0.1, -0.05) is 12.1 Å². The van der Waals surface area contributed by atoms with Gasteiger partial charge in [0.05, 0.1) is 18.8 Å². The predicted molar refractivity (Wildman–Crippen MR) is 118 cm³/mol. The second kappa shape index (κ2) is 12.6. The van der Waals surface area contributed by atoms with Gasteiger partial charge in [0.2, 0.25) is 0 Å². The van der Waals surface area contributed by atoms with Crippen LogP contribution >= 0.6 is 24.0 Å². The maximum absolute atomic E-state index is 13.7. The van der Waals surface area contributed by atoms with Crippen molar-refractivity contribution in [2.45, 2.75) is 37.1 Å². The number of benzene rings is 1. The Morgan fingerprint density at radius 3 is 2.52 bits per heavy atom. The summed E-state index contributed by atoms with van der Waals surface area (Å²) in [6.45, 7) is 3.39. The summed E-state index contributed by atoms with van der Waals surface area (Å²) in [6.07, 6.45) is -0.935. The molecule has 1 saturated heterocycles. The number of alkyl halides is 2. The highest BCUT2D eigenvalue weighted by molar-refractivity contribution is 14.0. The van der Waals surface area contributed by atoms with Crippen molar-refractivity contribution in [1.82, 2.24) is 15.5 Å². The van der Waals surface area contributed by atoms with Crippen molar-refractivity contribution < 1.29 is 21.6 Å². The summed E-state index contributed by atoms with van der Waals surface area (Å²) in [5, 5.41) is 6.27. The van der Waals surface area contributed by atoms with E-state index >= 15 is 0 Å². The average Bonchev–Trinajstić information content (AvgIpc) is 2.63. The van der Waals surface area contributed by atoms with Crippen molar-refractivity contribution in [2.24, 2.45) is 4.99 Å². The zero-order valence-electron chi connectivity index (χ0n) is 16.3. The summed E-state index contributed by atoms with van der Waals surface area (Å²) in [6, 6.07) is 5.35. The van der Waals surface area contributed by atoms with Crippen LogP contribution in [0.1, 0.15) is 19.8 Å². The molecule has 6 nitrogen and oxygen atoms in total. The van der Waals surface area contributed by atoms with Crippen molar-refractivity contribution in [1.29, 1.82) is 0 Å². The monoisotopic (exact) mass is 548 g/mol. The van der Waals surface area contributed by atoms with Gasteiger partial charge in [-0.2, -0.15) is 0 Å². The van der Waals surface area contributed by atoms with Crippen molar-refractivity contribution in [3.05, 3.63) is 30.1 Å². The van der Waals surface area contributed by atoms with Crippen LogP contribution < -0.4 is 10.6 Å². The number of rotatable bonds is 8. The molecule has 11 heteroatoms. The first-order chi connectivity index (χ1) is 13.3. The molecule has 0 atom stereocenters. The molecule has 0 bridgehead atoms. The summed E-state index contributed by atoms with van der Waals surface area (Å²) < 4.78 is 63.2. The largest absolute Gasteiger partial charge is 0.357 e. The van der Waals surface area contributed by atoms with E-state index in [1.165, 1.54) is 18.2 Å². The van der Waals surface area contributed by atoms with Gasteiger partial charge in [0.25, 0.3) is 6.43 Å². The maximum Gasteiger partial charge on any atom is 0.251 e. The zero-order valence-corrected chi connectivity index (χ0v) is 19.4. The van der Waals surface area contributed by atoms with E-state index in [4.69, 9.17) is 0 Å². The molecule has 166 valence electrons. The summed E-state index contributed by atoms with van der Waals surface area (Å²) in [5.41, 5.74) is 0. The third kappa shape index (κ3) is 8.67. The Balaban J connectivity index is 0.00000420. The Bertz CT molecular complexity index is 757. The van der Waals surface area contributed by atoms with E-state index in [9.17, 15) is 21.6 Å². The number of hydrogen-bond acceptors (Lipinski definition) is 4. The Morgan fingerprint density at radius 1 is 1.28 bits per heavy atom. The standard InChI is InChI=1S/C18H27F3N4O2S.HI/c1-2-22-18(24-14-7-10-25(11-8-14)13-17(20)21)23-9-12-28(26,27)16-6-4-3-5-15(16)19;/h3-6,14,17H,2,7-13H2,1H3,(H2,22,23,24);1H. The molecule has 0 aliphatic carbocycles. The van der Waals surface area contributed by atoms with Crippen LogP contribution in [0.25, 0.3) is 0 Å². The van der Waals surface area contributed by atoms with Gasteiger partial charge >= 0.3 is 0 Å². The lowest BCUT2D eigenvalue weighted by atomic mass is 10.1. The van der Waals surface area contributed by atoms with Crippen LogP contribution in [0, 0.1) is 5.82 Å². The van der Waals surface area contributed by atoms with E-state index in [1.54, 1.807) is 4.90 Å². The van der Waals surface area contributed by atoms with Gasteiger partial charge in [-0.15, -0.1) is 24.0 Å². The smallest absolute Gasteiger partial charge is 0.251 e. The molecule has 1 aliphatic rings. The topological polar surface area (TPSA) is 73.8 Å². The van der Waals surface area contributed by atoms with Crippen LogP contribution in [0.15, 0.2) is 34.2 Å². The SMILES string of the molecule is CCNC(=NCCS(=O)(=O)c1ccccc1F)NC1CCN(CC(F)F)CC1.I. The fourth-order valence-corrected chi connectivity index (χ4v) is 4.26.